The minimum atomic E-state index is -0.391. The summed E-state index contributed by atoms with van der Waals surface area (Å²) >= 11 is 0. The van der Waals surface area contributed by atoms with Crippen molar-refractivity contribution in [2.24, 2.45) is 0 Å². The first-order chi connectivity index (χ1) is 13.1. The maximum absolute atomic E-state index is 13.0. The normalized spacial score (nSPS) is 10.2. The third-order valence-corrected chi connectivity index (χ3v) is 3.77. The number of nitrogens with one attached hydrogen (secondary N) is 2. The molecular formula is C20H18FN3O3. The van der Waals surface area contributed by atoms with Gasteiger partial charge in [0.05, 0.1) is 14.2 Å². The van der Waals surface area contributed by atoms with E-state index in [9.17, 15) is 9.18 Å². The Bertz CT molecular complexity index is 945. The Morgan fingerprint density at radius 1 is 0.889 bits per heavy atom. The summed E-state index contributed by atoms with van der Waals surface area (Å²) in [4.78, 5) is 16.4. The number of anilines is 3. The molecule has 0 atom stereocenters. The number of hydrogen-bond acceptors (Lipinski definition) is 5. The average molecular weight is 367 g/mol. The molecule has 0 radical (unpaired) electrons. The van der Waals surface area contributed by atoms with Gasteiger partial charge in [0.1, 0.15) is 11.5 Å². The lowest BCUT2D eigenvalue weighted by Crippen LogP contribution is -2.13. The van der Waals surface area contributed by atoms with Crippen LogP contribution in [0.25, 0.3) is 0 Å². The number of ether oxygens (including phenoxy) is 2. The second-order valence-corrected chi connectivity index (χ2v) is 5.59. The molecule has 1 heterocycles. The SMILES string of the molecule is COc1ccc(Nc2ccnc(C(=O)Nc3ccc(F)cc3)c2)cc1OC. The van der Waals surface area contributed by atoms with Crippen LogP contribution in [0.5, 0.6) is 11.5 Å². The highest BCUT2D eigenvalue weighted by Crippen LogP contribution is 2.31. The van der Waals surface area contributed by atoms with E-state index in [0.717, 1.165) is 5.69 Å². The van der Waals surface area contributed by atoms with Crippen LogP contribution in [0.2, 0.25) is 0 Å². The van der Waals surface area contributed by atoms with E-state index in [1.807, 2.05) is 6.07 Å². The number of nitrogens with zero attached hydrogens (tertiary/aromatic N) is 1. The van der Waals surface area contributed by atoms with E-state index in [1.54, 1.807) is 38.5 Å². The van der Waals surface area contributed by atoms with Gasteiger partial charge in [-0.25, -0.2) is 4.39 Å². The van der Waals surface area contributed by atoms with Crippen LogP contribution in [-0.2, 0) is 0 Å². The second-order valence-electron chi connectivity index (χ2n) is 5.59. The first-order valence-corrected chi connectivity index (χ1v) is 8.11. The zero-order valence-electron chi connectivity index (χ0n) is 14.8. The van der Waals surface area contributed by atoms with E-state index in [0.29, 0.717) is 22.9 Å². The molecule has 3 rings (SSSR count). The van der Waals surface area contributed by atoms with Gasteiger partial charge >= 0.3 is 0 Å². The number of rotatable bonds is 6. The first-order valence-electron chi connectivity index (χ1n) is 8.11. The number of benzene rings is 2. The number of hydrogen-bond donors (Lipinski definition) is 2. The van der Waals surface area contributed by atoms with E-state index in [2.05, 4.69) is 15.6 Å². The zero-order chi connectivity index (χ0) is 19.2. The van der Waals surface area contributed by atoms with Crippen LogP contribution in [0, 0.1) is 5.82 Å². The summed E-state index contributed by atoms with van der Waals surface area (Å²) in [5, 5.41) is 5.87. The third kappa shape index (κ3) is 4.52. The maximum Gasteiger partial charge on any atom is 0.274 e. The predicted octanol–water partition coefficient (Wildman–Crippen LogP) is 4.23. The molecule has 0 unspecified atom stereocenters. The van der Waals surface area contributed by atoms with Crippen LogP contribution < -0.4 is 20.1 Å². The molecular weight excluding hydrogens is 349 g/mol. The predicted molar refractivity (Wildman–Crippen MR) is 101 cm³/mol. The smallest absolute Gasteiger partial charge is 0.274 e. The van der Waals surface area contributed by atoms with Gasteiger partial charge in [-0.15, -0.1) is 0 Å². The summed E-state index contributed by atoms with van der Waals surface area (Å²) in [6.07, 6.45) is 1.53. The van der Waals surface area contributed by atoms with Crippen LogP contribution in [-0.4, -0.2) is 25.1 Å². The summed E-state index contributed by atoms with van der Waals surface area (Å²) in [6, 6.07) is 14.3. The molecule has 0 aliphatic heterocycles. The van der Waals surface area contributed by atoms with E-state index in [4.69, 9.17) is 9.47 Å². The second kappa shape index (κ2) is 8.18. The molecule has 0 saturated carbocycles. The fourth-order valence-electron chi connectivity index (χ4n) is 2.44. The van der Waals surface area contributed by atoms with Crippen molar-refractivity contribution in [3.8, 4) is 11.5 Å². The molecule has 6 nitrogen and oxygen atoms in total. The number of amides is 1. The standard InChI is InChI=1S/C20H18FN3O3/c1-26-18-8-7-15(12-19(18)27-2)23-16-9-10-22-17(11-16)20(25)24-14-5-3-13(21)4-6-14/h3-12H,1-2H3,(H,22,23)(H,24,25). The summed E-state index contributed by atoms with van der Waals surface area (Å²) in [7, 11) is 3.13. The van der Waals surface area contributed by atoms with Gasteiger partial charge in [0.2, 0.25) is 0 Å². The fraction of sp³-hybridized carbons (Fsp3) is 0.100. The molecule has 0 saturated heterocycles. The van der Waals surface area contributed by atoms with Gasteiger partial charge in [0.15, 0.2) is 11.5 Å². The zero-order valence-corrected chi connectivity index (χ0v) is 14.8. The Kier molecular flexibility index (Phi) is 5.51. The van der Waals surface area contributed by atoms with Crippen molar-refractivity contribution in [2.45, 2.75) is 0 Å². The molecule has 2 aromatic carbocycles. The van der Waals surface area contributed by atoms with Gasteiger partial charge in [-0.1, -0.05) is 0 Å². The Balaban J connectivity index is 1.75. The lowest BCUT2D eigenvalue weighted by molar-refractivity contribution is 0.102. The van der Waals surface area contributed by atoms with Crippen molar-refractivity contribution in [2.75, 3.05) is 24.9 Å². The minimum absolute atomic E-state index is 0.227. The number of carbonyl (C=O) groups is 1. The molecule has 0 aliphatic rings. The quantitative estimate of drug-likeness (QED) is 0.682. The minimum Gasteiger partial charge on any atom is -0.493 e. The number of pyridine rings is 1. The molecule has 0 bridgehead atoms. The van der Waals surface area contributed by atoms with Gasteiger partial charge in [-0.2, -0.15) is 0 Å². The van der Waals surface area contributed by atoms with E-state index >= 15 is 0 Å². The summed E-state index contributed by atoms with van der Waals surface area (Å²) in [5.74, 6) is 0.452. The lowest BCUT2D eigenvalue weighted by Gasteiger charge is -2.12. The van der Waals surface area contributed by atoms with Crippen LogP contribution in [0.4, 0.5) is 21.5 Å². The van der Waals surface area contributed by atoms with Crippen LogP contribution >= 0.6 is 0 Å². The van der Waals surface area contributed by atoms with Gasteiger partial charge in [-0.05, 0) is 48.5 Å². The Hall–Kier alpha value is -3.61. The average Bonchev–Trinajstić information content (AvgIpc) is 2.69. The van der Waals surface area contributed by atoms with Crippen LogP contribution in [0.15, 0.2) is 60.8 Å². The number of methoxy groups -OCH3 is 2. The molecule has 2 N–H and O–H groups in total. The Morgan fingerprint density at radius 2 is 1.56 bits per heavy atom. The number of carbonyl (C=O) groups excluding carboxylic acids is 1. The monoisotopic (exact) mass is 367 g/mol. The van der Waals surface area contributed by atoms with Gasteiger partial charge in [0.25, 0.3) is 5.91 Å². The van der Waals surface area contributed by atoms with Gasteiger partial charge < -0.3 is 20.1 Å². The molecule has 1 amide bonds. The third-order valence-electron chi connectivity index (χ3n) is 3.77. The molecule has 27 heavy (non-hydrogen) atoms. The van der Waals surface area contributed by atoms with Crippen molar-refractivity contribution in [3.63, 3.8) is 0 Å². The first kappa shape index (κ1) is 18.2. The van der Waals surface area contributed by atoms with E-state index in [-0.39, 0.29) is 11.5 Å². The molecule has 138 valence electrons. The summed E-state index contributed by atoms with van der Waals surface area (Å²) in [5.41, 5.74) is 2.16. The van der Waals surface area contributed by atoms with Gasteiger partial charge in [0, 0.05) is 29.3 Å². The maximum atomic E-state index is 13.0. The lowest BCUT2D eigenvalue weighted by atomic mass is 10.2. The summed E-state index contributed by atoms with van der Waals surface area (Å²) < 4.78 is 23.5. The Morgan fingerprint density at radius 3 is 2.26 bits per heavy atom. The highest BCUT2D eigenvalue weighted by Gasteiger charge is 2.10. The van der Waals surface area contributed by atoms with Crippen molar-refractivity contribution in [1.29, 1.82) is 0 Å². The summed E-state index contributed by atoms with van der Waals surface area (Å²) in [6.45, 7) is 0. The van der Waals surface area contributed by atoms with E-state index < -0.39 is 5.91 Å². The molecule has 0 aliphatic carbocycles. The fourth-order valence-corrected chi connectivity index (χ4v) is 2.44. The Labute approximate surface area is 156 Å². The van der Waals surface area contributed by atoms with Crippen molar-refractivity contribution in [3.05, 3.63) is 72.3 Å². The van der Waals surface area contributed by atoms with Crippen LogP contribution in [0.1, 0.15) is 10.5 Å². The molecule has 7 heteroatoms. The largest absolute Gasteiger partial charge is 0.493 e. The van der Waals surface area contributed by atoms with Crippen LogP contribution in [0.3, 0.4) is 0 Å². The molecule has 0 fully saturated rings. The number of halogens is 1. The highest BCUT2D eigenvalue weighted by molar-refractivity contribution is 6.03. The highest BCUT2D eigenvalue weighted by atomic mass is 19.1. The van der Waals surface area contributed by atoms with E-state index in [1.165, 1.54) is 30.5 Å². The van der Waals surface area contributed by atoms with Crippen molar-refractivity contribution in [1.82, 2.24) is 4.98 Å². The number of aromatic nitrogens is 1. The van der Waals surface area contributed by atoms with Gasteiger partial charge in [-0.3, -0.25) is 9.78 Å². The van der Waals surface area contributed by atoms with Crippen molar-refractivity contribution >= 4 is 23.0 Å². The molecule has 0 spiro atoms. The van der Waals surface area contributed by atoms with Crippen molar-refractivity contribution < 1.29 is 18.7 Å². The molecule has 3 aromatic rings. The topological polar surface area (TPSA) is 72.5 Å². The molecule has 1 aromatic heterocycles.